The van der Waals surface area contributed by atoms with Crippen LogP contribution in [0.1, 0.15) is 27.7 Å². The summed E-state index contributed by atoms with van der Waals surface area (Å²) in [6.45, 7) is 7.98. The van der Waals surface area contributed by atoms with Gasteiger partial charge in [0, 0.05) is 26.1 Å². The topological polar surface area (TPSA) is 92.7 Å². The molecule has 0 aromatic carbocycles. The van der Waals surface area contributed by atoms with Gasteiger partial charge in [-0.3, -0.25) is 9.05 Å². The van der Waals surface area contributed by atoms with Crippen LogP contribution in [0.2, 0.25) is 0 Å². The van der Waals surface area contributed by atoms with Crippen molar-refractivity contribution in [3.63, 3.8) is 0 Å². The summed E-state index contributed by atoms with van der Waals surface area (Å²) >= 11 is 0. The van der Waals surface area contributed by atoms with Crippen LogP contribution in [-0.2, 0) is 32.6 Å². The van der Waals surface area contributed by atoms with Gasteiger partial charge in [-0.25, -0.2) is 4.57 Å². The van der Waals surface area contributed by atoms with E-state index in [1.807, 2.05) is 27.7 Å². The Bertz CT molecular complexity index is 475. The Kier molecular flexibility index (Phi) is 7.45. The lowest BCUT2D eigenvalue weighted by atomic mass is 9.99. The van der Waals surface area contributed by atoms with E-state index in [2.05, 4.69) is 0 Å². The molecule has 2 saturated heterocycles. The molecule has 0 aliphatic carbocycles. The van der Waals surface area contributed by atoms with Crippen LogP contribution in [-0.4, -0.2) is 69.0 Å². The second-order valence-corrected chi connectivity index (χ2v) is 8.37. The molecule has 2 aliphatic heterocycles. The predicted octanol–water partition coefficient (Wildman–Crippen LogP) is 2.00. The molecule has 0 radical (unpaired) electrons. The van der Waals surface area contributed by atoms with Gasteiger partial charge in [-0.1, -0.05) is 13.8 Å². The largest absolute Gasteiger partial charge is 0.472 e. The summed E-state index contributed by atoms with van der Waals surface area (Å²) < 4.78 is 45.1. The van der Waals surface area contributed by atoms with Crippen LogP contribution in [0.3, 0.4) is 0 Å². The Labute approximate surface area is 149 Å². The van der Waals surface area contributed by atoms with E-state index in [0.717, 1.165) is 0 Å². The third-order valence-electron chi connectivity index (χ3n) is 5.29. The van der Waals surface area contributed by atoms with Gasteiger partial charge < -0.3 is 23.8 Å². The Morgan fingerprint density at radius 2 is 1.44 bits per heavy atom. The molecule has 0 saturated carbocycles. The Morgan fingerprint density at radius 3 is 1.96 bits per heavy atom. The van der Waals surface area contributed by atoms with Gasteiger partial charge in [-0.15, -0.1) is 0 Å². The van der Waals surface area contributed by atoms with Crippen molar-refractivity contribution < 1.29 is 37.5 Å². The van der Waals surface area contributed by atoms with Crippen LogP contribution in [0.4, 0.5) is 0 Å². The van der Waals surface area contributed by atoms with E-state index in [-0.39, 0.29) is 43.4 Å². The van der Waals surface area contributed by atoms with Gasteiger partial charge in [0.1, 0.15) is 18.3 Å². The number of hydrogen-bond donors (Lipinski definition) is 1. The smallest absolute Gasteiger partial charge is 0.382 e. The van der Waals surface area contributed by atoms with Gasteiger partial charge in [0.2, 0.25) is 0 Å². The molecule has 0 aromatic rings. The van der Waals surface area contributed by atoms with Crippen molar-refractivity contribution in [3.05, 3.63) is 0 Å². The standard InChI is InChI=1S/C16H31O8P/c1-9-11(3)23-14(15(9)20-6)8-21-25(17,18)24-16-10(2)12(4)22-13(16)7-19-5/h9-16H,7-8H2,1-6H3,(H,17,18)/t9?,10-,11+,12+,13-,14-,15-,16?/m1/s1. The van der Waals surface area contributed by atoms with E-state index < -0.39 is 26.1 Å². The second kappa shape index (κ2) is 8.76. The summed E-state index contributed by atoms with van der Waals surface area (Å²) in [4.78, 5) is 10.1. The van der Waals surface area contributed by atoms with Crippen LogP contribution in [0.15, 0.2) is 0 Å². The summed E-state index contributed by atoms with van der Waals surface area (Å²) in [7, 11) is -1.12. The molecule has 0 spiro atoms. The van der Waals surface area contributed by atoms with E-state index in [1.165, 1.54) is 0 Å². The minimum Gasteiger partial charge on any atom is -0.382 e. The van der Waals surface area contributed by atoms with Gasteiger partial charge in [0.15, 0.2) is 0 Å². The Balaban J connectivity index is 1.94. The molecule has 0 bridgehead atoms. The first-order valence-electron chi connectivity index (χ1n) is 8.68. The average Bonchev–Trinajstić information content (AvgIpc) is 2.97. The normalized spacial score (nSPS) is 44.1. The van der Waals surface area contributed by atoms with Gasteiger partial charge in [0.05, 0.1) is 31.5 Å². The average molecular weight is 382 g/mol. The molecular formula is C16H31O8P. The van der Waals surface area contributed by atoms with E-state index in [1.54, 1.807) is 14.2 Å². The highest BCUT2D eigenvalue weighted by Crippen LogP contribution is 2.49. The molecule has 148 valence electrons. The van der Waals surface area contributed by atoms with Crippen molar-refractivity contribution >= 4 is 7.82 Å². The quantitative estimate of drug-likeness (QED) is 0.637. The van der Waals surface area contributed by atoms with E-state index in [0.29, 0.717) is 0 Å². The molecule has 0 amide bonds. The molecule has 2 aliphatic rings. The highest BCUT2D eigenvalue weighted by Gasteiger charge is 2.46. The van der Waals surface area contributed by atoms with E-state index in [9.17, 15) is 9.46 Å². The number of phosphoric acid groups is 1. The third kappa shape index (κ3) is 5.02. The fourth-order valence-electron chi connectivity index (χ4n) is 3.48. The molecule has 1 N–H and O–H groups in total. The summed E-state index contributed by atoms with van der Waals surface area (Å²) in [5.74, 6) is 0.117. The minimum atomic E-state index is -4.27. The number of hydrogen-bond acceptors (Lipinski definition) is 7. The third-order valence-corrected chi connectivity index (χ3v) is 6.27. The lowest BCUT2D eigenvalue weighted by Gasteiger charge is -2.25. The minimum absolute atomic E-state index is 0.00673. The van der Waals surface area contributed by atoms with Gasteiger partial charge >= 0.3 is 7.82 Å². The first kappa shape index (κ1) is 21.3. The molecule has 9 heteroatoms. The highest BCUT2D eigenvalue weighted by molar-refractivity contribution is 7.47. The lowest BCUT2D eigenvalue weighted by molar-refractivity contribution is -0.0458. The van der Waals surface area contributed by atoms with Gasteiger partial charge in [-0.05, 0) is 13.8 Å². The van der Waals surface area contributed by atoms with Crippen molar-refractivity contribution in [3.8, 4) is 0 Å². The molecule has 2 rings (SSSR count). The second-order valence-electron chi connectivity index (χ2n) is 6.97. The number of methoxy groups -OCH3 is 2. The van der Waals surface area contributed by atoms with Crippen molar-refractivity contribution in [1.82, 2.24) is 0 Å². The fourth-order valence-corrected chi connectivity index (χ4v) is 4.51. The fraction of sp³-hybridized carbons (Fsp3) is 1.00. The van der Waals surface area contributed by atoms with E-state index >= 15 is 0 Å². The molecule has 3 unspecified atom stereocenters. The summed E-state index contributed by atoms with van der Waals surface area (Å²) in [5, 5.41) is 0. The Morgan fingerprint density at radius 1 is 0.920 bits per heavy atom. The molecular weight excluding hydrogens is 351 g/mol. The number of phosphoric ester groups is 1. The summed E-state index contributed by atoms with van der Waals surface area (Å²) in [5.41, 5.74) is 0. The van der Waals surface area contributed by atoms with Crippen LogP contribution >= 0.6 is 7.82 Å². The van der Waals surface area contributed by atoms with Crippen molar-refractivity contribution in [2.24, 2.45) is 11.8 Å². The van der Waals surface area contributed by atoms with Crippen molar-refractivity contribution in [2.75, 3.05) is 27.4 Å². The summed E-state index contributed by atoms with van der Waals surface area (Å²) in [6.07, 6.45) is -1.69. The van der Waals surface area contributed by atoms with Crippen LogP contribution in [0.25, 0.3) is 0 Å². The molecule has 2 heterocycles. The van der Waals surface area contributed by atoms with Gasteiger partial charge in [-0.2, -0.15) is 0 Å². The van der Waals surface area contributed by atoms with Gasteiger partial charge in [0.25, 0.3) is 0 Å². The van der Waals surface area contributed by atoms with Crippen LogP contribution < -0.4 is 0 Å². The zero-order valence-electron chi connectivity index (χ0n) is 15.8. The molecule has 2 fully saturated rings. The maximum absolute atomic E-state index is 12.4. The highest BCUT2D eigenvalue weighted by atomic mass is 31.2. The van der Waals surface area contributed by atoms with Crippen molar-refractivity contribution in [1.29, 1.82) is 0 Å². The molecule has 0 aromatic heterocycles. The maximum Gasteiger partial charge on any atom is 0.472 e. The number of ether oxygens (including phenoxy) is 4. The molecule has 25 heavy (non-hydrogen) atoms. The first-order chi connectivity index (χ1) is 11.7. The Hall–Kier alpha value is -0.0500. The van der Waals surface area contributed by atoms with Crippen LogP contribution in [0, 0.1) is 11.8 Å². The molecule has 9 atom stereocenters. The predicted molar refractivity (Wildman–Crippen MR) is 90.3 cm³/mol. The zero-order chi connectivity index (χ0) is 18.8. The zero-order valence-corrected chi connectivity index (χ0v) is 16.7. The SMILES string of the molecule is COC[C@H]1O[C@@H](C)[C@@H](C)C1OP(=O)(O)OC[C@H]1O[C@@H](C)C(C)[C@H]1OC. The lowest BCUT2D eigenvalue weighted by Crippen LogP contribution is -2.33. The van der Waals surface area contributed by atoms with Crippen LogP contribution in [0.5, 0.6) is 0 Å². The maximum atomic E-state index is 12.4. The number of rotatable bonds is 8. The molecule has 8 nitrogen and oxygen atoms in total. The monoisotopic (exact) mass is 382 g/mol. The van der Waals surface area contributed by atoms with E-state index in [4.69, 9.17) is 28.0 Å². The first-order valence-corrected chi connectivity index (χ1v) is 10.2. The summed E-state index contributed by atoms with van der Waals surface area (Å²) in [6, 6.07) is 0. The van der Waals surface area contributed by atoms with Crippen molar-refractivity contribution in [2.45, 2.75) is 64.3 Å².